The molecule has 1 aromatic carbocycles. The fraction of sp³-hybridized carbons (Fsp3) is 0.438. The molecule has 0 aliphatic rings. The highest BCUT2D eigenvalue weighted by Gasteiger charge is 2.15. The van der Waals surface area contributed by atoms with Gasteiger partial charge in [0, 0.05) is 11.4 Å². The summed E-state index contributed by atoms with van der Waals surface area (Å²) in [5.74, 6) is -0.559. The molecular formula is C16H19ClN2O3S. The molecule has 0 N–H and O–H groups in total. The molecule has 2 rings (SSSR count). The van der Waals surface area contributed by atoms with Gasteiger partial charge in [0.2, 0.25) is 5.91 Å². The molecule has 0 spiro atoms. The molecule has 2 aromatic rings. The first-order chi connectivity index (χ1) is 11.0. The Morgan fingerprint density at radius 1 is 1.35 bits per heavy atom. The van der Waals surface area contributed by atoms with Gasteiger partial charge in [0.05, 0.1) is 16.8 Å². The highest BCUT2D eigenvalue weighted by Crippen LogP contribution is 2.27. The van der Waals surface area contributed by atoms with Crippen LogP contribution in [-0.2, 0) is 20.9 Å². The van der Waals surface area contributed by atoms with Crippen LogP contribution in [0, 0.1) is 6.92 Å². The van der Waals surface area contributed by atoms with E-state index in [0.29, 0.717) is 22.9 Å². The molecule has 0 radical (unpaired) electrons. The van der Waals surface area contributed by atoms with Crippen LogP contribution in [0.4, 0.5) is 0 Å². The summed E-state index contributed by atoms with van der Waals surface area (Å²) in [6.07, 6.45) is 1.11. The van der Waals surface area contributed by atoms with Gasteiger partial charge in [0.15, 0.2) is 4.80 Å². The van der Waals surface area contributed by atoms with Crippen LogP contribution >= 0.6 is 22.9 Å². The van der Waals surface area contributed by atoms with Crippen molar-refractivity contribution < 1.29 is 14.3 Å². The Morgan fingerprint density at radius 3 is 2.74 bits per heavy atom. The SMILES string of the molecule is CCCC(=O)N=c1sc2ccc(Cl)c(C)c2n1CC(=O)OCC. The first-order valence-electron chi connectivity index (χ1n) is 7.49. The lowest BCUT2D eigenvalue weighted by molar-refractivity contribution is -0.143. The summed E-state index contributed by atoms with van der Waals surface area (Å²) in [5.41, 5.74) is 1.67. The van der Waals surface area contributed by atoms with Crippen LogP contribution in [0.5, 0.6) is 0 Å². The molecule has 0 unspecified atom stereocenters. The first-order valence-corrected chi connectivity index (χ1v) is 8.69. The zero-order valence-corrected chi connectivity index (χ0v) is 15.0. The van der Waals surface area contributed by atoms with Crippen LogP contribution < -0.4 is 4.80 Å². The lowest BCUT2D eigenvalue weighted by atomic mass is 10.2. The molecule has 0 bridgehead atoms. The smallest absolute Gasteiger partial charge is 0.326 e. The second kappa shape index (κ2) is 7.75. The third-order valence-corrected chi connectivity index (χ3v) is 4.76. The van der Waals surface area contributed by atoms with E-state index in [1.54, 1.807) is 11.5 Å². The van der Waals surface area contributed by atoms with E-state index in [9.17, 15) is 9.59 Å². The molecule has 0 saturated carbocycles. The zero-order chi connectivity index (χ0) is 17.0. The van der Waals surface area contributed by atoms with Crippen molar-refractivity contribution in [1.82, 2.24) is 4.57 Å². The Hall–Kier alpha value is -1.66. The number of amides is 1. The van der Waals surface area contributed by atoms with Crippen LogP contribution in [0.25, 0.3) is 10.2 Å². The number of aromatic nitrogens is 1. The number of carbonyl (C=O) groups is 2. The maximum absolute atomic E-state index is 11.9. The van der Waals surface area contributed by atoms with E-state index < -0.39 is 0 Å². The Kier molecular flexibility index (Phi) is 5.96. The maximum Gasteiger partial charge on any atom is 0.326 e. The van der Waals surface area contributed by atoms with Gasteiger partial charge >= 0.3 is 5.97 Å². The van der Waals surface area contributed by atoms with Crippen molar-refractivity contribution in [2.24, 2.45) is 4.99 Å². The number of nitrogens with zero attached hydrogens (tertiary/aromatic N) is 2. The summed E-state index contributed by atoms with van der Waals surface area (Å²) < 4.78 is 7.67. The van der Waals surface area contributed by atoms with Crippen LogP contribution in [0.2, 0.25) is 5.02 Å². The average Bonchev–Trinajstić information content (AvgIpc) is 2.82. The Labute approximate surface area is 143 Å². The number of aryl methyl sites for hydroxylation is 1. The number of thiazole rings is 1. The molecule has 124 valence electrons. The van der Waals surface area contributed by atoms with Crippen LogP contribution in [0.15, 0.2) is 17.1 Å². The number of ether oxygens (including phenoxy) is 1. The van der Waals surface area contributed by atoms with Crippen molar-refractivity contribution in [3.63, 3.8) is 0 Å². The van der Waals surface area contributed by atoms with E-state index in [2.05, 4.69) is 4.99 Å². The monoisotopic (exact) mass is 354 g/mol. The minimum absolute atomic E-state index is 0.00720. The average molecular weight is 355 g/mol. The topological polar surface area (TPSA) is 60.7 Å². The van der Waals surface area contributed by atoms with Crippen molar-refractivity contribution in [2.75, 3.05) is 6.61 Å². The minimum Gasteiger partial charge on any atom is -0.465 e. The second-order valence-electron chi connectivity index (χ2n) is 5.05. The predicted molar refractivity (Wildman–Crippen MR) is 91.7 cm³/mol. The molecule has 1 aromatic heterocycles. The van der Waals surface area contributed by atoms with E-state index in [-0.39, 0.29) is 18.4 Å². The van der Waals surface area contributed by atoms with E-state index in [1.807, 2.05) is 26.0 Å². The van der Waals surface area contributed by atoms with Crippen molar-refractivity contribution >= 4 is 45.0 Å². The van der Waals surface area contributed by atoms with Crippen LogP contribution in [0.1, 0.15) is 32.3 Å². The summed E-state index contributed by atoms with van der Waals surface area (Å²) in [6, 6.07) is 3.68. The fourth-order valence-electron chi connectivity index (χ4n) is 2.26. The highest BCUT2D eigenvalue weighted by atomic mass is 35.5. The van der Waals surface area contributed by atoms with Crippen LogP contribution in [0.3, 0.4) is 0 Å². The van der Waals surface area contributed by atoms with Crippen molar-refractivity contribution in [3.8, 4) is 0 Å². The van der Waals surface area contributed by atoms with E-state index in [1.165, 1.54) is 11.3 Å². The van der Waals surface area contributed by atoms with Crippen molar-refractivity contribution in [2.45, 2.75) is 40.2 Å². The summed E-state index contributed by atoms with van der Waals surface area (Å²) in [5, 5.41) is 0.611. The van der Waals surface area contributed by atoms with Crippen molar-refractivity contribution in [3.05, 3.63) is 27.5 Å². The van der Waals surface area contributed by atoms with Gasteiger partial charge < -0.3 is 9.30 Å². The normalized spacial score (nSPS) is 11.9. The molecule has 0 aliphatic carbocycles. The number of hydrogen-bond donors (Lipinski definition) is 0. The number of benzene rings is 1. The Balaban J connectivity index is 2.63. The number of halogens is 1. The Morgan fingerprint density at radius 2 is 2.09 bits per heavy atom. The van der Waals surface area contributed by atoms with Crippen molar-refractivity contribution in [1.29, 1.82) is 0 Å². The van der Waals surface area contributed by atoms with Gasteiger partial charge in [-0.1, -0.05) is 29.9 Å². The van der Waals surface area contributed by atoms with Gasteiger partial charge in [-0.15, -0.1) is 0 Å². The lowest BCUT2D eigenvalue weighted by Gasteiger charge is -2.07. The number of hydrogen-bond acceptors (Lipinski definition) is 4. The largest absolute Gasteiger partial charge is 0.465 e. The van der Waals surface area contributed by atoms with Gasteiger partial charge in [0.25, 0.3) is 0 Å². The van der Waals surface area contributed by atoms with Gasteiger partial charge in [-0.3, -0.25) is 9.59 Å². The molecule has 0 atom stereocenters. The van der Waals surface area contributed by atoms with Gasteiger partial charge in [-0.05, 0) is 38.0 Å². The number of carbonyl (C=O) groups excluding carboxylic acids is 2. The Bertz CT molecular complexity index is 807. The number of rotatable bonds is 5. The quantitative estimate of drug-likeness (QED) is 0.772. The summed E-state index contributed by atoms with van der Waals surface area (Å²) in [4.78, 5) is 28.5. The molecule has 1 amide bonds. The molecular weight excluding hydrogens is 336 g/mol. The third-order valence-electron chi connectivity index (χ3n) is 3.31. The van der Waals surface area contributed by atoms with E-state index >= 15 is 0 Å². The van der Waals surface area contributed by atoms with E-state index in [0.717, 1.165) is 22.2 Å². The molecule has 5 nitrogen and oxygen atoms in total. The number of esters is 1. The summed E-state index contributed by atoms with van der Waals surface area (Å²) >= 11 is 7.57. The molecule has 0 aliphatic heterocycles. The third kappa shape index (κ3) is 4.00. The first kappa shape index (κ1) is 17.7. The summed E-state index contributed by atoms with van der Waals surface area (Å²) in [6.45, 7) is 5.88. The molecule has 23 heavy (non-hydrogen) atoms. The van der Waals surface area contributed by atoms with E-state index in [4.69, 9.17) is 16.3 Å². The van der Waals surface area contributed by atoms with Gasteiger partial charge in [0.1, 0.15) is 6.54 Å². The van der Waals surface area contributed by atoms with Gasteiger partial charge in [-0.25, -0.2) is 0 Å². The maximum atomic E-state index is 11.9. The standard InChI is InChI=1S/C16H19ClN2O3S/c1-4-6-13(20)18-16-19(9-14(21)22-5-2)15-10(3)11(17)7-8-12(15)23-16/h7-8H,4-6,9H2,1-3H3. The van der Waals surface area contributed by atoms with Gasteiger partial charge in [-0.2, -0.15) is 4.99 Å². The number of fused-ring (bicyclic) bond motifs is 1. The predicted octanol–water partition coefficient (Wildman–Crippen LogP) is 3.46. The zero-order valence-electron chi connectivity index (χ0n) is 13.4. The molecule has 0 fully saturated rings. The molecule has 0 saturated heterocycles. The lowest BCUT2D eigenvalue weighted by Crippen LogP contribution is -2.23. The summed E-state index contributed by atoms with van der Waals surface area (Å²) in [7, 11) is 0. The minimum atomic E-state index is -0.365. The molecule has 1 heterocycles. The fourth-order valence-corrected chi connectivity index (χ4v) is 3.52. The van der Waals surface area contributed by atoms with Crippen LogP contribution in [-0.4, -0.2) is 23.1 Å². The molecule has 7 heteroatoms. The second-order valence-corrected chi connectivity index (χ2v) is 6.47. The highest BCUT2D eigenvalue weighted by molar-refractivity contribution is 7.16.